The maximum atomic E-state index is 8.97. The van der Waals surface area contributed by atoms with Crippen LogP contribution in [0.15, 0.2) is 42.5 Å². The third kappa shape index (κ3) is 3.86. The largest absolute Gasteiger partial charge is 0.381 e. The zero-order valence-electron chi connectivity index (χ0n) is 13.2. The van der Waals surface area contributed by atoms with Gasteiger partial charge in [0.1, 0.15) is 0 Å². The zero-order chi connectivity index (χ0) is 15.5. The quantitative estimate of drug-likeness (QED) is 0.877. The van der Waals surface area contributed by atoms with E-state index in [4.69, 9.17) is 5.26 Å². The van der Waals surface area contributed by atoms with Gasteiger partial charge in [-0.05, 0) is 41.2 Å². The van der Waals surface area contributed by atoms with E-state index in [9.17, 15) is 0 Å². The predicted molar refractivity (Wildman–Crippen MR) is 88.4 cm³/mol. The molecule has 0 aliphatic heterocycles. The van der Waals surface area contributed by atoms with Crippen LogP contribution in [0.3, 0.4) is 0 Å². The lowest BCUT2D eigenvalue weighted by Gasteiger charge is -2.19. The lowest BCUT2D eigenvalue weighted by Crippen LogP contribution is -2.11. The summed E-state index contributed by atoms with van der Waals surface area (Å²) < 4.78 is 0. The molecule has 0 fully saturated rings. The summed E-state index contributed by atoms with van der Waals surface area (Å²) >= 11 is 0. The molecular weight excluding hydrogens is 256 g/mol. The van der Waals surface area contributed by atoms with Crippen LogP contribution in [0.1, 0.15) is 43.0 Å². The van der Waals surface area contributed by atoms with Gasteiger partial charge in [-0.15, -0.1) is 0 Å². The molecule has 2 aromatic rings. The fraction of sp³-hybridized carbons (Fsp3) is 0.316. The Morgan fingerprint density at radius 2 is 1.71 bits per heavy atom. The number of nitrogens with one attached hydrogen (secondary N) is 1. The van der Waals surface area contributed by atoms with Crippen molar-refractivity contribution in [2.24, 2.45) is 0 Å². The van der Waals surface area contributed by atoms with Gasteiger partial charge in [0.2, 0.25) is 0 Å². The van der Waals surface area contributed by atoms with Gasteiger partial charge in [-0.2, -0.15) is 5.26 Å². The van der Waals surface area contributed by atoms with E-state index in [0.717, 1.165) is 17.8 Å². The molecule has 1 N–H and O–H groups in total. The summed E-state index contributed by atoms with van der Waals surface area (Å²) in [7, 11) is 0. The number of hydrogen-bond acceptors (Lipinski definition) is 2. The molecule has 0 heterocycles. The van der Waals surface area contributed by atoms with E-state index in [0.29, 0.717) is 5.56 Å². The van der Waals surface area contributed by atoms with Gasteiger partial charge in [0, 0.05) is 12.2 Å². The predicted octanol–water partition coefficient (Wildman–Crippen LogP) is 4.78. The van der Waals surface area contributed by atoms with E-state index < -0.39 is 0 Å². The minimum Gasteiger partial charge on any atom is -0.381 e. The van der Waals surface area contributed by atoms with Gasteiger partial charge in [0.05, 0.1) is 11.6 Å². The minimum absolute atomic E-state index is 0.184. The highest BCUT2D eigenvalue weighted by Gasteiger charge is 2.12. The molecule has 2 nitrogen and oxygen atoms in total. The molecule has 2 rings (SSSR count). The molecule has 0 bridgehead atoms. The maximum absolute atomic E-state index is 8.97. The van der Waals surface area contributed by atoms with Gasteiger partial charge in [-0.25, -0.2) is 0 Å². The zero-order valence-corrected chi connectivity index (χ0v) is 13.2. The van der Waals surface area contributed by atoms with Gasteiger partial charge in [0.25, 0.3) is 0 Å². The second kappa shape index (κ2) is 6.01. The van der Waals surface area contributed by atoms with Crippen LogP contribution in [0.4, 0.5) is 5.69 Å². The van der Waals surface area contributed by atoms with E-state index in [-0.39, 0.29) is 5.41 Å². The first-order chi connectivity index (χ1) is 9.90. The summed E-state index contributed by atoms with van der Waals surface area (Å²) in [5.74, 6) is 0. The molecule has 0 spiro atoms. The third-order valence-electron chi connectivity index (χ3n) is 3.67. The normalized spacial score (nSPS) is 11.0. The first kappa shape index (κ1) is 15.1. The van der Waals surface area contributed by atoms with Crippen LogP contribution in [0, 0.1) is 18.3 Å². The fourth-order valence-electron chi connectivity index (χ4n) is 2.20. The Bertz CT molecular complexity index is 655. The molecular formula is C19H22N2. The van der Waals surface area contributed by atoms with Crippen molar-refractivity contribution >= 4 is 5.69 Å². The van der Waals surface area contributed by atoms with Crippen molar-refractivity contribution in [3.05, 3.63) is 64.7 Å². The molecule has 0 amide bonds. The van der Waals surface area contributed by atoms with Crippen molar-refractivity contribution in [1.82, 2.24) is 0 Å². The van der Waals surface area contributed by atoms with Gasteiger partial charge in [-0.3, -0.25) is 0 Å². The lowest BCUT2D eigenvalue weighted by molar-refractivity contribution is 0.590. The van der Waals surface area contributed by atoms with Crippen LogP contribution in [0.5, 0.6) is 0 Å². The van der Waals surface area contributed by atoms with E-state index in [2.05, 4.69) is 56.4 Å². The van der Waals surface area contributed by atoms with Crippen LogP contribution in [0.25, 0.3) is 0 Å². The number of anilines is 1. The van der Waals surface area contributed by atoms with E-state index in [1.165, 1.54) is 11.1 Å². The van der Waals surface area contributed by atoms with Crippen LogP contribution < -0.4 is 5.32 Å². The number of rotatable bonds is 3. The van der Waals surface area contributed by atoms with Crippen LogP contribution in [-0.2, 0) is 12.0 Å². The van der Waals surface area contributed by atoms with Crippen LogP contribution in [0.2, 0.25) is 0 Å². The van der Waals surface area contributed by atoms with E-state index in [1.54, 1.807) is 0 Å². The van der Waals surface area contributed by atoms with Crippen molar-refractivity contribution in [2.75, 3.05) is 5.32 Å². The first-order valence-electron chi connectivity index (χ1n) is 7.24. The molecule has 2 heteroatoms. The molecule has 0 radical (unpaired) electrons. The summed E-state index contributed by atoms with van der Waals surface area (Å²) in [6.07, 6.45) is 0. The van der Waals surface area contributed by atoms with Crippen molar-refractivity contribution in [3.63, 3.8) is 0 Å². The Balaban J connectivity index is 2.08. The van der Waals surface area contributed by atoms with Crippen molar-refractivity contribution < 1.29 is 0 Å². The number of nitrogens with zero attached hydrogens (tertiary/aromatic N) is 1. The molecule has 108 valence electrons. The first-order valence-corrected chi connectivity index (χ1v) is 7.24. The fourth-order valence-corrected chi connectivity index (χ4v) is 2.20. The molecule has 0 atom stereocenters. The van der Waals surface area contributed by atoms with Crippen molar-refractivity contribution in [1.29, 1.82) is 5.26 Å². The molecule has 0 saturated heterocycles. The average molecular weight is 278 g/mol. The standard InChI is InChI=1S/C19H22N2/c1-14-5-6-16(12-20)11-18(14)21-13-15-7-9-17(10-8-15)19(2,3)4/h5-11,21H,13H2,1-4H3. The SMILES string of the molecule is Cc1ccc(C#N)cc1NCc1ccc(C(C)(C)C)cc1. The summed E-state index contributed by atoms with van der Waals surface area (Å²) in [6, 6.07) is 16.6. The molecule has 0 unspecified atom stereocenters. The second-order valence-corrected chi connectivity index (χ2v) is 6.44. The number of hydrogen-bond donors (Lipinski definition) is 1. The highest BCUT2D eigenvalue weighted by Crippen LogP contribution is 2.23. The van der Waals surface area contributed by atoms with Crippen molar-refractivity contribution in [3.8, 4) is 6.07 Å². The Morgan fingerprint density at radius 3 is 2.29 bits per heavy atom. The molecule has 21 heavy (non-hydrogen) atoms. The maximum Gasteiger partial charge on any atom is 0.0992 e. The van der Waals surface area contributed by atoms with E-state index in [1.807, 2.05) is 25.1 Å². The molecule has 2 aromatic carbocycles. The third-order valence-corrected chi connectivity index (χ3v) is 3.67. The second-order valence-electron chi connectivity index (χ2n) is 6.44. The lowest BCUT2D eigenvalue weighted by atomic mass is 9.87. The molecule has 0 aliphatic rings. The summed E-state index contributed by atoms with van der Waals surface area (Å²) in [4.78, 5) is 0. The molecule has 0 aromatic heterocycles. The Kier molecular flexibility index (Phi) is 4.33. The Morgan fingerprint density at radius 1 is 1.05 bits per heavy atom. The van der Waals surface area contributed by atoms with Crippen LogP contribution >= 0.6 is 0 Å². The van der Waals surface area contributed by atoms with Crippen LogP contribution in [-0.4, -0.2) is 0 Å². The van der Waals surface area contributed by atoms with Gasteiger partial charge in [-0.1, -0.05) is 51.1 Å². The minimum atomic E-state index is 0.184. The van der Waals surface area contributed by atoms with Gasteiger partial charge in [0.15, 0.2) is 0 Å². The monoisotopic (exact) mass is 278 g/mol. The average Bonchev–Trinajstić information content (AvgIpc) is 2.46. The van der Waals surface area contributed by atoms with E-state index >= 15 is 0 Å². The summed E-state index contributed by atoms with van der Waals surface area (Å²) in [6.45, 7) is 9.47. The van der Waals surface area contributed by atoms with Gasteiger partial charge < -0.3 is 5.32 Å². The number of aryl methyl sites for hydroxylation is 1. The topological polar surface area (TPSA) is 35.8 Å². The highest BCUT2D eigenvalue weighted by molar-refractivity contribution is 5.55. The summed E-state index contributed by atoms with van der Waals surface area (Å²) in [5.41, 5.74) is 5.63. The number of benzene rings is 2. The number of nitriles is 1. The molecule has 0 saturated carbocycles. The highest BCUT2D eigenvalue weighted by atomic mass is 14.9. The molecule has 0 aliphatic carbocycles. The summed E-state index contributed by atoms with van der Waals surface area (Å²) in [5, 5.41) is 12.4. The Hall–Kier alpha value is -2.27. The van der Waals surface area contributed by atoms with Crippen molar-refractivity contribution in [2.45, 2.75) is 39.7 Å². The smallest absolute Gasteiger partial charge is 0.0992 e. The van der Waals surface area contributed by atoms with Gasteiger partial charge >= 0.3 is 0 Å². The Labute approximate surface area is 127 Å².